The number of rotatable bonds is 1. The second kappa shape index (κ2) is 7.00. The molecule has 1 amide bonds. The molecule has 0 fully saturated rings. The van der Waals surface area contributed by atoms with E-state index in [1.54, 1.807) is 12.3 Å². The van der Waals surface area contributed by atoms with E-state index in [0.29, 0.717) is 6.61 Å². The maximum Gasteiger partial charge on any atom is 0.421 e. The molecule has 16 heavy (non-hydrogen) atoms. The number of aromatic nitrogens is 3. The topological polar surface area (TPSA) is 181 Å². The zero-order chi connectivity index (χ0) is 12.6. The molecule has 0 unspecified atom stereocenters. The first-order valence-electron chi connectivity index (χ1n) is 4.15. The van der Waals surface area contributed by atoms with Crippen LogP contribution in [0.3, 0.4) is 0 Å². The van der Waals surface area contributed by atoms with Gasteiger partial charge in [-0.15, -0.1) is 0 Å². The van der Waals surface area contributed by atoms with Crippen molar-refractivity contribution in [1.29, 1.82) is 0 Å². The Hall–Kier alpha value is -2.36. The van der Waals surface area contributed by atoms with E-state index in [1.165, 1.54) is 0 Å². The van der Waals surface area contributed by atoms with Crippen molar-refractivity contribution in [3.05, 3.63) is 0 Å². The number of nitrogens with zero attached hydrogens (tertiary/aromatic N) is 3. The van der Waals surface area contributed by atoms with Gasteiger partial charge in [0.05, 0.1) is 6.61 Å². The Balaban J connectivity index is 0.000000293. The van der Waals surface area contributed by atoms with E-state index in [1.807, 2.05) is 0 Å². The van der Waals surface area contributed by atoms with Gasteiger partial charge in [-0.05, 0) is 6.92 Å². The third-order valence-electron chi connectivity index (χ3n) is 1.08. The normalized spacial score (nSPS) is 8.62. The first-order valence-corrected chi connectivity index (χ1v) is 4.15. The molecule has 9 N–H and O–H groups in total. The molecule has 0 aromatic carbocycles. The molecule has 0 aliphatic rings. The SMILES string of the molecule is CCOC(=O)NN.Nc1nc(N)nc(N)n1. The Morgan fingerprint density at radius 3 is 1.75 bits per heavy atom. The molecular formula is C6H14N8O2. The number of ether oxygens (including phenoxy) is 1. The standard InChI is InChI=1S/C3H6N6.C3H8N2O2/c4-1-7-2(5)9-3(6)8-1;1-2-7-3(6)5-4/h(H6,4,5,6,7,8,9);2,4H2,1H3,(H,5,6). The van der Waals surface area contributed by atoms with Gasteiger partial charge in [-0.25, -0.2) is 10.6 Å². The van der Waals surface area contributed by atoms with E-state index in [9.17, 15) is 4.79 Å². The number of carbonyl (C=O) groups is 1. The lowest BCUT2D eigenvalue weighted by Crippen LogP contribution is -2.30. The van der Waals surface area contributed by atoms with Crippen LogP contribution in [0.4, 0.5) is 22.6 Å². The average Bonchev–Trinajstić information content (AvgIpc) is 2.16. The van der Waals surface area contributed by atoms with Crippen molar-refractivity contribution in [3.63, 3.8) is 0 Å². The third-order valence-corrected chi connectivity index (χ3v) is 1.08. The molecule has 1 aromatic rings. The lowest BCUT2D eigenvalue weighted by molar-refractivity contribution is 0.152. The van der Waals surface area contributed by atoms with Gasteiger partial charge in [-0.2, -0.15) is 15.0 Å². The van der Waals surface area contributed by atoms with E-state index < -0.39 is 6.09 Å². The summed E-state index contributed by atoms with van der Waals surface area (Å²) in [5, 5.41) is 0. The van der Waals surface area contributed by atoms with Crippen LogP contribution in [0.25, 0.3) is 0 Å². The molecule has 10 heteroatoms. The Morgan fingerprint density at radius 1 is 1.19 bits per heavy atom. The highest BCUT2D eigenvalue weighted by Gasteiger charge is 1.93. The summed E-state index contributed by atoms with van der Waals surface area (Å²) < 4.78 is 4.32. The summed E-state index contributed by atoms with van der Waals surface area (Å²) in [6.45, 7) is 2.05. The van der Waals surface area contributed by atoms with Gasteiger partial charge in [0.1, 0.15) is 0 Å². The number of nitrogens with two attached hydrogens (primary N) is 4. The monoisotopic (exact) mass is 230 g/mol. The highest BCUT2D eigenvalue weighted by atomic mass is 16.5. The van der Waals surface area contributed by atoms with E-state index >= 15 is 0 Å². The van der Waals surface area contributed by atoms with E-state index in [-0.39, 0.29) is 17.8 Å². The number of amides is 1. The molecular weight excluding hydrogens is 216 g/mol. The molecule has 90 valence electrons. The quantitative estimate of drug-likeness (QED) is 0.211. The number of hydrazine groups is 1. The van der Waals surface area contributed by atoms with E-state index in [0.717, 1.165) is 0 Å². The number of hydrogen-bond donors (Lipinski definition) is 5. The number of nitrogens with one attached hydrogen (secondary N) is 1. The molecule has 0 atom stereocenters. The Kier molecular flexibility index (Phi) is 5.97. The molecule has 0 radical (unpaired) electrons. The van der Waals surface area contributed by atoms with Crippen LogP contribution in [-0.4, -0.2) is 27.7 Å². The van der Waals surface area contributed by atoms with Gasteiger partial charge in [0, 0.05) is 0 Å². The van der Waals surface area contributed by atoms with E-state index in [2.05, 4.69) is 25.5 Å². The summed E-state index contributed by atoms with van der Waals surface area (Å²) in [6.07, 6.45) is -0.595. The Morgan fingerprint density at radius 2 is 1.56 bits per heavy atom. The first-order chi connectivity index (χ1) is 7.49. The number of nitrogen functional groups attached to an aromatic ring is 3. The summed E-state index contributed by atoms with van der Waals surface area (Å²) in [4.78, 5) is 20.4. The van der Waals surface area contributed by atoms with Crippen LogP contribution >= 0.6 is 0 Å². The van der Waals surface area contributed by atoms with Crippen molar-refractivity contribution < 1.29 is 9.53 Å². The predicted octanol–water partition coefficient (Wildman–Crippen LogP) is -1.78. The van der Waals surface area contributed by atoms with Crippen molar-refractivity contribution in [3.8, 4) is 0 Å². The zero-order valence-corrected chi connectivity index (χ0v) is 8.67. The van der Waals surface area contributed by atoms with Crippen molar-refractivity contribution in [2.75, 3.05) is 23.8 Å². The number of hydrogen-bond acceptors (Lipinski definition) is 9. The average molecular weight is 230 g/mol. The lowest BCUT2D eigenvalue weighted by Gasteiger charge is -1.95. The zero-order valence-electron chi connectivity index (χ0n) is 8.67. The van der Waals surface area contributed by atoms with Crippen molar-refractivity contribution in [2.24, 2.45) is 5.84 Å². The number of carbonyl (C=O) groups excluding carboxylic acids is 1. The van der Waals surface area contributed by atoms with E-state index in [4.69, 9.17) is 17.2 Å². The van der Waals surface area contributed by atoms with Crippen LogP contribution in [0.5, 0.6) is 0 Å². The highest BCUT2D eigenvalue weighted by molar-refractivity contribution is 5.66. The van der Waals surface area contributed by atoms with Gasteiger partial charge in [-0.1, -0.05) is 0 Å². The van der Waals surface area contributed by atoms with Gasteiger partial charge >= 0.3 is 6.09 Å². The highest BCUT2D eigenvalue weighted by Crippen LogP contribution is 1.97. The summed E-state index contributed by atoms with van der Waals surface area (Å²) in [5.41, 5.74) is 17.2. The molecule has 0 saturated carbocycles. The van der Waals surface area contributed by atoms with Crippen LogP contribution < -0.4 is 28.5 Å². The molecule has 1 aromatic heterocycles. The largest absolute Gasteiger partial charge is 0.449 e. The van der Waals surface area contributed by atoms with Crippen molar-refractivity contribution >= 4 is 23.9 Å². The Labute approximate surface area is 91.3 Å². The summed E-state index contributed by atoms with van der Waals surface area (Å²) in [6, 6.07) is 0. The van der Waals surface area contributed by atoms with Gasteiger partial charge < -0.3 is 21.9 Å². The van der Waals surface area contributed by atoms with Crippen molar-refractivity contribution in [1.82, 2.24) is 20.4 Å². The molecule has 0 bridgehead atoms. The van der Waals surface area contributed by atoms with Gasteiger partial charge in [0.2, 0.25) is 17.8 Å². The van der Waals surface area contributed by atoms with Crippen molar-refractivity contribution in [2.45, 2.75) is 6.92 Å². The fourth-order valence-corrected chi connectivity index (χ4v) is 0.600. The first kappa shape index (κ1) is 13.6. The summed E-state index contributed by atoms with van der Waals surface area (Å²) in [7, 11) is 0. The third kappa shape index (κ3) is 6.15. The van der Waals surface area contributed by atoms with Gasteiger partial charge in [0.25, 0.3) is 0 Å². The molecule has 0 spiro atoms. The van der Waals surface area contributed by atoms with Crippen LogP contribution in [0.1, 0.15) is 6.92 Å². The minimum absolute atomic E-state index is 0.0417. The predicted molar refractivity (Wildman–Crippen MR) is 57.4 cm³/mol. The molecule has 10 nitrogen and oxygen atoms in total. The smallest absolute Gasteiger partial charge is 0.421 e. The second-order valence-electron chi connectivity index (χ2n) is 2.27. The fraction of sp³-hybridized carbons (Fsp3) is 0.333. The summed E-state index contributed by atoms with van der Waals surface area (Å²) in [5.74, 6) is 4.76. The minimum atomic E-state index is -0.595. The second-order valence-corrected chi connectivity index (χ2v) is 2.27. The molecule has 1 heterocycles. The van der Waals surface area contributed by atoms with Crippen LogP contribution in [0, 0.1) is 0 Å². The van der Waals surface area contributed by atoms with Gasteiger partial charge in [0.15, 0.2) is 0 Å². The maximum atomic E-state index is 9.95. The van der Waals surface area contributed by atoms with Crippen LogP contribution in [0.2, 0.25) is 0 Å². The van der Waals surface area contributed by atoms with Crippen LogP contribution in [0.15, 0.2) is 0 Å². The molecule has 1 rings (SSSR count). The van der Waals surface area contributed by atoms with Crippen LogP contribution in [-0.2, 0) is 4.74 Å². The molecule has 0 saturated heterocycles. The van der Waals surface area contributed by atoms with Gasteiger partial charge in [-0.3, -0.25) is 5.43 Å². The summed E-state index contributed by atoms with van der Waals surface area (Å²) >= 11 is 0. The molecule has 0 aliphatic carbocycles. The molecule has 0 aliphatic heterocycles. The fourth-order valence-electron chi connectivity index (χ4n) is 0.600. The minimum Gasteiger partial charge on any atom is -0.449 e. The maximum absolute atomic E-state index is 9.95. The lowest BCUT2D eigenvalue weighted by atomic mass is 10.9. The number of anilines is 3. The Bertz CT molecular complexity index is 293.